The van der Waals surface area contributed by atoms with Crippen LogP contribution in [-0.2, 0) is 4.79 Å². The molecule has 1 aliphatic heterocycles. The van der Waals surface area contributed by atoms with E-state index in [2.05, 4.69) is 48.3 Å². The molecule has 2 aromatic rings. The molecule has 1 heterocycles. The molecule has 0 aromatic heterocycles. The van der Waals surface area contributed by atoms with Crippen molar-refractivity contribution in [3.63, 3.8) is 0 Å². The van der Waals surface area contributed by atoms with Crippen LogP contribution in [0, 0.1) is 0 Å². The van der Waals surface area contributed by atoms with E-state index in [4.69, 9.17) is 0 Å². The van der Waals surface area contributed by atoms with E-state index in [9.17, 15) is 4.79 Å². The quantitative estimate of drug-likeness (QED) is 0.729. The minimum Gasteiger partial charge on any atom is -0.372 e. The average Bonchev–Trinajstić information content (AvgIpc) is 2.68. The lowest BCUT2D eigenvalue weighted by molar-refractivity contribution is -0.111. The number of benzene rings is 2. The molecule has 3 heteroatoms. The van der Waals surface area contributed by atoms with Gasteiger partial charge in [-0.15, -0.1) is 0 Å². The van der Waals surface area contributed by atoms with E-state index in [1.165, 1.54) is 30.5 Å². The fourth-order valence-corrected chi connectivity index (χ4v) is 3.26. The molecule has 1 N–H and O–H groups in total. The lowest BCUT2D eigenvalue weighted by Crippen LogP contribution is -2.29. The first-order chi connectivity index (χ1) is 12.6. The van der Waals surface area contributed by atoms with E-state index in [0.29, 0.717) is 5.92 Å². The zero-order chi connectivity index (χ0) is 18.4. The molecule has 1 saturated heterocycles. The highest BCUT2D eigenvalue weighted by Crippen LogP contribution is 2.22. The van der Waals surface area contributed by atoms with Crippen molar-refractivity contribution in [2.45, 2.75) is 39.0 Å². The summed E-state index contributed by atoms with van der Waals surface area (Å²) in [6.07, 6.45) is 7.30. The smallest absolute Gasteiger partial charge is 0.248 e. The molecule has 0 unspecified atom stereocenters. The molecule has 0 atom stereocenters. The van der Waals surface area contributed by atoms with Crippen LogP contribution in [0.4, 0.5) is 11.4 Å². The van der Waals surface area contributed by atoms with Gasteiger partial charge in [-0.05, 0) is 66.6 Å². The largest absolute Gasteiger partial charge is 0.372 e. The Balaban J connectivity index is 1.55. The van der Waals surface area contributed by atoms with Crippen molar-refractivity contribution in [1.82, 2.24) is 0 Å². The summed E-state index contributed by atoms with van der Waals surface area (Å²) in [7, 11) is 0. The zero-order valence-electron chi connectivity index (χ0n) is 15.7. The van der Waals surface area contributed by atoms with Gasteiger partial charge in [0.1, 0.15) is 0 Å². The number of hydrogen-bond acceptors (Lipinski definition) is 2. The SMILES string of the molecule is CC(C)c1ccc(/C=C/C(=O)Nc2ccc(N3CCCCC3)cc2)cc1. The third-order valence-corrected chi connectivity index (χ3v) is 4.89. The number of nitrogens with one attached hydrogen (secondary N) is 1. The van der Waals surface area contributed by atoms with Gasteiger partial charge < -0.3 is 10.2 Å². The lowest BCUT2D eigenvalue weighted by Gasteiger charge is -2.28. The van der Waals surface area contributed by atoms with E-state index < -0.39 is 0 Å². The van der Waals surface area contributed by atoms with Crippen LogP contribution in [-0.4, -0.2) is 19.0 Å². The topological polar surface area (TPSA) is 32.3 Å². The predicted molar refractivity (Wildman–Crippen MR) is 111 cm³/mol. The maximum atomic E-state index is 12.1. The third kappa shape index (κ3) is 4.98. The molecule has 26 heavy (non-hydrogen) atoms. The summed E-state index contributed by atoms with van der Waals surface area (Å²) in [4.78, 5) is 14.6. The number of carbonyl (C=O) groups is 1. The van der Waals surface area contributed by atoms with Gasteiger partial charge >= 0.3 is 0 Å². The number of rotatable bonds is 5. The molecule has 0 aliphatic carbocycles. The Hall–Kier alpha value is -2.55. The molecular weight excluding hydrogens is 320 g/mol. The Labute approximate surface area is 156 Å². The van der Waals surface area contributed by atoms with Gasteiger partial charge in [0.25, 0.3) is 0 Å². The summed E-state index contributed by atoms with van der Waals surface area (Å²) >= 11 is 0. The van der Waals surface area contributed by atoms with Crippen molar-refractivity contribution in [1.29, 1.82) is 0 Å². The Kier molecular flexibility index (Phi) is 6.11. The summed E-state index contributed by atoms with van der Waals surface area (Å²) in [6, 6.07) is 16.5. The van der Waals surface area contributed by atoms with E-state index >= 15 is 0 Å². The van der Waals surface area contributed by atoms with Crippen LogP contribution >= 0.6 is 0 Å². The fourth-order valence-electron chi connectivity index (χ4n) is 3.26. The highest BCUT2D eigenvalue weighted by atomic mass is 16.1. The molecule has 2 aromatic carbocycles. The van der Waals surface area contributed by atoms with Gasteiger partial charge in [0.15, 0.2) is 0 Å². The van der Waals surface area contributed by atoms with Crippen LogP contribution < -0.4 is 10.2 Å². The molecule has 1 fully saturated rings. The van der Waals surface area contributed by atoms with Crippen LogP contribution in [0.5, 0.6) is 0 Å². The molecule has 3 rings (SSSR count). The Morgan fingerprint density at radius 1 is 0.962 bits per heavy atom. The number of piperidine rings is 1. The minimum absolute atomic E-state index is 0.108. The maximum absolute atomic E-state index is 12.1. The number of carbonyl (C=O) groups excluding carboxylic acids is 1. The van der Waals surface area contributed by atoms with Gasteiger partial charge in [0, 0.05) is 30.5 Å². The van der Waals surface area contributed by atoms with Gasteiger partial charge in [-0.3, -0.25) is 4.79 Å². The first-order valence-corrected chi connectivity index (χ1v) is 9.56. The Morgan fingerprint density at radius 2 is 1.62 bits per heavy atom. The second kappa shape index (κ2) is 8.70. The van der Waals surface area contributed by atoms with Crippen LogP contribution in [0.3, 0.4) is 0 Å². The van der Waals surface area contributed by atoms with Gasteiger partial charge in [0.2, 0.25) is 5.91 Å². The van der Waals surface area contributed by atoms with E-state index in [1.807, 2.05) is 30.3 Å². The fraction of sp³-hybridized carbons (Fsp3) is 0.348. The maximum Gasteiger partial charge on any atom is 0.248 e. The van der Waals surface area contributed by atoms with Crippen molar-refractivity contribution in [3.8, 4) is 0 Å². The van der Waals surface area contributed by atoms with E-state index in [-0.39, 0.29) is 5.91 Å². The first-order valence-electron chi connectivity index (χ1n) is 9.56. The Morgan fingerprint density at radius 3 is 2.23 bits per heavy atom. The molecule has 3 nitrogen and oxygen atoms in total. The van der Waals surface area contributed by atoms with Crippen molar-refractivity contribution in [3.05, 3.63) is 65.7 Å². The predicted octanol–water partition coefficient (Wildman–Crippen LogP) is 5.45. The lowest BCUT2D eigenvalue weighted by atomic mass is 10.0. The van der Waals surface area contributed by atoms with E-state index in [1.54, 1.807) is 6.08 Å². The zero-order valence-corrected chi connectivity index (χ0v) is 15.7. The van der Waals surface area contributed by atoms with Gasteiger partial charge in [-0.2, -0.15) is 0 Å². The number of anilines is 2. The van der Waals surface area contributed by atoms with Crippen LogP contribution in [0.1, 0.15) is 50.2 Å². The molecule has 136 valence electrons. The molecule has 1 amide bonds. The highest BCUT2D eigenvalue weighted by molar-refractivity contribution is 6.02. The van der Waals surface area contributed by atoms with Crippen molar-refractivity contribution in [2.24, 2.45) is 0 Å². The second-order valence-electron chi connectivity index (χ2n) is 7.24. The summed E-state index contributed by atoms with van der Waals surface area (Å²) in [5, 5.41) is 2.93. The average molecular weight is 348 g/mol. The van der Waals surface area contributed by atoms with Crippen LogP contribution in [0.15, 0.2) is 54.6 Å². The molecule has 0 spiro atoms. The number of hydrogen-bond donors (Lipinski definition) is 1. The molecule has 0 radical (unpaired) electrons. The molecule has 0 saturated carbocycles. The van der Waals surface area contributed by atoms with Crippen molar-refractivity contribution < 1.29 is 4.79 Å². The monoisotopic (exact) mass is 348 g/mol. The summed E-state index contributed by atoms with van der Waals surface area (Å²) in [5.41, 5.74) is 4.41. The normalized spacial score (nSPS) is 14.8. The second-order valence-corrected chi connectivity index (χ2v) is 7.24. The highest BCUT2D eigenvalue weighted by Gasteiger charge is 2.10. The van der Waals surface area contributed by atoms with Crippen molar-refractivity contribution in [2.75, 3.05) is 23.3 Å². The van der Waals surface area contributed by atoms with E-state index in [0.717, 1.165) is 24.3 Å². The summed E-state index contributed by atoms with van der Waals surface area (Å²) < 4.78 is 0. The number of nitrogens with zero attached hydrogens (tertiary/aromatic N) is 1. The standard InChI is InChI=1S/C23H28N2O/c1-18(2)20-9-6-19(7-10-20)8-15-23(26)24-21-11-13-22(14-12-21)25-16-4-3-5-17-25/h6-15,18H,3-5,16-17H2,1-2H3,(H,24,26)/b15-8+. The first kappa shape index (κ1) is 18.2. The van der Waals surface area contributed by atoms with Crippen molar-refractivity contribution >= 4 is 23.4 Å². The number of amides is 1. The summed E-state index contributed by atoms with van der Waals surface area (Å²) in [6.45, 7) is 6.61. The van der Waals surface area contributed by atoms with Gasteiger partial charge in [-0.25, -0.2) is 0 Å². The van der Waals surface area contributed by atoms with Crippen LogP contribution in [0.2, 0.25) is 0 Å². The summed E-state index contributed by atoms with van der Waals surface area (Å²) in [5.74, 6) is 0.410. The van der Waals surface area contributed by atoms with Crippen LogP contribution in [0.25, 0.3) is 6.08 Å². The minimum atomic E-state index is -0.108. The van der Waals surface area contributed by atoms with Gasteiger partial charge in [-0.1, -0.05) is 38.1 Å². The molecular formula is C23H28N2O. The van der Waals surface area contributed by atoms with Gasteiger partial charge in [0.05, 0.1) is 0 Å². The molecule has 1 aliphatic rings. The third-order valence-electron chi connectivity index (χ3n) is 4.89. The Bertz CT molecular complexity index is 739. The molecule has 0 bridgehead atoms.